The first kappa shape index (κ1) is 12.8. The molecule has 2 atom stereocenters. The zero-order valence-corrected chi connectivity index (χ0v) is 11.7. The summed E-state index contributed by atoms with van der Waals surface area (Å²) < 4.78 is 24.0. The summed E-state index contributed by atoms with van der Waals surface area (Å²) in [7, 11) is -2.96. The van der Waals surface area contributed by atoms with E-state index in [9.17, 15) is 13.2 Å². The maximum atomic E-state index is 12.5. The van der Waals surface area contributed by atoms with Gasteiger partial charge in [-0.1, -0.05) is 0 Å². The van der Waals surface area contributed by atoms with E-state index in [4.69, 9.17) is 0 Å². The fraction of sp³-hybridized carbons (Fsp3) is 0.571. The lowest BCUT2D eigenvalue weighted by Crippen LogP contribution is -2.36. The average molecular weight is 279 g/mol. The van der Waals surface area contributed by atoms with E-state index in [1.54, 1.807) is 12.4 Å². The third-order valence-corrected chi connectivity index (χ3v) is 7.22. The minimum Gasteiger partial charge on any atom is -0.294 e. The van der Waals surface area contributed by atoms with Gasteiger partial charge in [-0.3, -0.25) is 9.78 Å². The fourth-order valence-corrected chi connectivity index (χ4v) is 5.84. The van der Waals surface area contributed by atoms with Crippen molar-refractivity contribution in [1.29, 1.82) is 0 Å². The molecule has 19 heavy (non-hydrogen) atoms. The van der Waals surface area contributed by atoms with Crippen molar-refractivity contribution in [2.45, 2.75) is 43.1 Å². The van der Waals surface area contributed by atoms with Crippen LogP contribution in [0.3, 0.4) is 0 Å². The van der Waals surface area contributed by atoms with Gasteiger partial charge >= 0.3 is 0 Å². The van der Waals surface area contributed by atoms with Crippen molar-refractivity contribution < 1.29 is 13.2 Å². The number of hydrogen-bond acceptors (Lipinski definition) is 4. The lowest BCUT2D eigenvalue weighted by atomic mass is 9.89. The Morgan fingerprint density at radius 2 is 1.89 bits per heavy atom. The fourth-order valence-electron chi connectivity index (χ4n) is 3.36. The van der Waals surface area contributed by atoms with Crippen molar-refractivity contribution in [3.8, 4) is 0 Å². The summed E-state index contributed by atoms with van der Waals surface area (Å²) in [5.41, 5.74) is 1.56. The second-order valence-corrected chi connectivity index (χ2v) is 8.14. The van der Waals surface area contributed by atoms with Gasteiger partial charge in [0.1, 0.15) is 0 Å². The van der Waals surface area contributed by atoms with E-state index in [-0.39, 0.29) is 22.2 Å². The van der Waals surface area contributed by atoms with E-state index in [1.165, 1.54) is 0 Å². The minimum absolute atomic E-state index is 0.0670. The van der Waals surface area contributed by atoms with E-state index in [0.717, 1.165) is 18.4 Å². The molecular weight excluding hydrogens is 262 g/mol. The number of aryl methyl sites for hydroxylation is 1. The molecule has 2 fully saturated rings. The Kier molecular flexibility index (Phi) is 2.96. The van der Waals surface area contributed by atoms with Crippen molar-refractivity contribution in [2.75, 3.05) is 0 Å². The van der Waals surface area contributed by atoms with Crippen molar-refractivity contribution >= 4 is 15.6 Å². The van der Waals surface area contributed by atoms with Gasteiger partial charge in [-0.05, 0) is 44.2 Å². The molecule has 0 aromatic carbocycles. The van der Waals surface area contributed by atoms with Crippen LogP contribution < -0.4 is 0 Å². The first-order chi connectivity index (χ1) is 9.00. The Hall–Kier alpha value is -1.23. The number of pyridine rings is 1. The molecule has 2 aliphatic heterocycles. The Bertz CT molecular complexity index is 603. The number of carbonyl (C=O) groups is 1. The number of sulfone groups is 1. The van der Waals surface area contributed by atoms with Gasteiger partial charge in [0.2, 0.25) is 0 Å². The van der Waals surface area contributed by atoms with Crippen LogP contribution in [-0.4, -0.2) is 29.7 Å². The summed E-state index contributed by atoms with van der Waals surface area (Å²) in [5, 5.41) is -0.589. The van der Waals surface area contributed by atoms with Gasteiger partial charge in [-0.15, -0.1) is 0 Å². The molecule has 102 valence electrons. The van der Waals surface area contributed by atoms with E-state index in [1.807, 2.05) is 13.0 Å². The molecule has 0 saturated carbocycles. The number of nitrogens with zero attached hydrogens (tertiary/aromatic N) is 1. The third kappa shape index (κ3) is 2.00. The number of rotatable bonds is 2. The van der Waals surface area contributed by atoms with Crippen molar-refractivity contribution in [1.82, 2.24) is 4.98 Å². The summed E-state index contributed by atoms with van der Waals surface area (Å²) >= 11 is 0. The molecule has 0 radical (unpaired) electrons. The lowest BCUT2D eigenvalue weighted by Gasteiger charge is -2.27. The van der Waals surface area contributed by atoms with Crippen LogP contribution in [0.2, 0.25) is 0 Å². The molecule has 3 heterocycles. The van der Waals surface area contributed by atoms with Crippen molar-refractivity contribution in [3.63, 3.8) is 0 Å². The van der Waals surface area contributed by atoms with E-state index in [2.05, 4.69) is 4.98 Å². The van der Waals surface area contributed by atoms with E-state index in [0.29, 0.717) is 18.4 Å². The monoisotopic (exact) mass is 279 g/mol. The molecule has 2 saturated heterocycles. The minimum atomic E-state index is -2.96. The highest BCUT2D eigenvalue weighted by molar-refractivity contribution is 7.93. The molecule has 2 unspecified atom stereocenters. The molecule has 5 heteroatoms. The number of carbonyl (C=O) groups excluding carboxylic acids is 1. The second-order valence-electron chi connectivity index (χ2n) is 5.63. The Labute approximate surface area is 113 Å². The van der Waals surface area contributed by atoms with E-state index < -0.39 is 9.84 Å². The number of Topliss-reactive ketones (excluding diaryl/α,β-unsaturated/α-hetero) is 1. The predicted molar refractivity (Wildman–Crippen MR) is 71.8 cm³/mol. The summed E-state index contributed by atoms with van der Waals surface area (Å²) in [5.74, 6) is -0.0821. The van der Waals surface area contributed by atoms with Crippen LogP contribution in [0.5, 0.6) is 0 Å². The topological polar surface area (TPSA) is 64.1 Å². The molecule has 0 amide bonds. The number of fused-ring (bicyclic) bond motifs is 2. The van der Waals surface area contributed by atoms with Crippen LogP contribution in [0.25, 0.3) is 0 Å². The molecule has 0 N–H and O–H groups in total. The highest BCUT2D eigenvalue weighted by Crippen LogP contribution is 2.42. The van der Waals surface area contributed by atoms with Crippen LogP contribution in [0.1, 0.15) is 41.6 Å². The van der Waals surface area contributed by atoms with Crippen LogP contribution in [0.4, 0.5) is 0 Å². The van der Waals surface area contributed by atoms with Crippen LogP contribution >= 0.6 is 0 Å². The number of aromatic nitrogens is 1. The van der Waals surface area contributed by atoms with Gasteiger partial charge in [0.15, 0.2) is 15.6 Å². The molecule has 0 aliphatic carbocycles. The zero-order chi connectivity index (χ0) is 13.6. The highest BCUT2D eigenvalue weighted by atomic mass is 32.2. The van der Waals surface area contributed by atoms with Crippen molar-refractivity contribution in [3.05, 3.63) is 29.6 Å². The average Bonchev–Trinajstić information content (AvgIpc) is 2.58. The van der Waals surface area contributed by atoms with Crippen LogP contribution in [0, 0.1) is 12.8 Å². The molecule has 2 aliphatic rings. The molecule has 1 aromatic rings. The highest BCUT2D eigenvalue weighted by Gasteiger charge is 2.48. The second kappa shape index (κ2) is 4.40. The maximum Gasteiger partial charge on any atom is 0.167 e. The molecular formula is C14H17NO3S. The van der Waals surface area contributed by atoms with Gasteiger partial charge in [-0.2, -0.15) is 0 Å². The van der Waals surface area contributed by atoms with E-state index >= 15 is 0 Å². The summed E-state index contributed by atoms with van der Waals surface area (Å²) in [6.07, 6.45) is 5.70. The predicted octanol–water partition coefficient (Wildman–Crippen LogP) is 1.93. The number of ketones is 1. The molecule has 0 spiro atoms. The van der Waals surface area contributed by atoms with Gasteiger partial charge in [0.05, 0.1) is 10.5 Å². The molecule has 2 bridgehead atoms. The first-order valence-corrected chi connectivity index (χ1v) is 8.28. The molecule has 1 aromatic heterocycles. The SMILES string of the molecule is Cc1ccncc1C(=O)C1CC2CCC(C1)S2(=O)=O. The maximum absolute atomic E-state index is 12.5. The zero-order valence-electron chi connectivity index (χ0n) is 10.9. The van der Waals surface area contributed by atoms with Gasteiger partial charge in [0.25, 0.3) is 0 Å². The van der Waals surface area contributed by atoms with Crippen LogP contribution in [0.15, 0.2) is 18.5 Å². The van der Waals surface area contributed by atoms with Crippen molar-refractivity contribution in [2.24, 2.45) is 5.92 Å². The smallest absolute Gasteiger partial charge is 0.167 e. The Morgan fingerprint density at radius 1 is 1.26 bits per heavy atom. The molecule has 3 rings (SSSR count). The summed E-state index contributed by atoms with van der Waals surface area (Å²) in [6, 6.07) is 1.82. The van der Waals surface area contributed by atoms with Crippen LogP contribution in [-0.2, 0) is 9.84 Å². The Morgan fingerprint density at radius 3 is 2.47 bits per heavy atom. The standard InChI is InChI=1S/C14H17NO3S/c1-9-4-5-15-8-13(9)14(16)10-6-11-2-3-12(7-10)19(11,17)18/h4-5,8,10-12H,2-3,6-7H2,1H3. The van der Waals surface area contributed by atoms with Gasteiger partial charge in [0, 0.05) is 23.9 Å². The third-order valence-electron chi connectivity index (χ3n) is 4.51. The van der Waals surface area contributed by atoms with Gasteiger partial charge in [-0.25, -0.2) is 8.42 Å². The Balaban J connectivity index is 1.86. The largest absolute Gasteiger partial charge is 0.294 e. The van der Waals surface area contributed by atoms with Gasteiger partial charge < -0.3 is 0 Å². The summed E-state index contributed by atoms with van der Waals surface area (Å²) in [6.45, 7) is 1.89. The number of hydrogen-bond donors (Lipinski definition) is 0. The summed E-state index contributed by atoms with van der Waals surface area (Å²) in [4.78, 5) is 16.5. The first-order valence-electron chi connectivity index (χ1n) is 6.67. The molecule has 4 nitrogen and oxygen atoms in total. The lowest BCUT2D eigenvalue weighted by molar-refractivity contribution is 0.0904. The normalized spacial score (nSPS) is 32.2. The quantitative estimate of drug-likeness (QED) is 0.776.